The smallest absolute Gasteiger partial charge is 0.250 e. The molecule has 3 rings (SSSR count). The minimum Gasteiger partial charge on any atom is -0.380 e. The molecule has 0 aromatic carbocycles. The van der Waals surface area contributed by atoms with Gasteiger partial charge in [0, 0.05) is 17.7 Å². The highest BCUT2D eigenvalue weighted by Gasteiger charge is 2.34. The van der Waals surface area contributed by atoms with Crippen LogP contribution in [-0.4, -0.2) is 32.8 Å². The number of aromatic nitrogens is 4. The zero-order valence-electron chi connectivity index (χ0n) is 10.8. The minimum atomic E-state index is -0.0311. The number of ether oxygens (including phenoxy) is 1. The van der Waals surface area contributed by atoms with Gasteiger partial charge < -0.3 is 9.30 Å². The van der Waals surface area contributed by atoms with Gasteiger partial charge in [0.1, 0.15) is 5.69 Å². The monoisotopic (exact) mass is 260 g/mol. The van der Waals surface area contributed by atoms with Crippen LogP contribution in [0.15, 0.2) is 35.4 Å². The van der Waals surface area contributed by atoms with Crippen molar-refractivity contribution in [2.24, 2.45) is 5.41 Å². The van der Waals surface area contributed by atoms with Crippen LogP contribution in [0, 0.1) is 5.41 Å². The molecule has 0 spiro atoms. The molecule has 0 saturated carbocycles. The Kier molecular flexibility index (Phi) is 2.94. The van der Waals surface area contributed by atoms with Crippen molar-refractivity contribution in [3.8, 4) is 0 Å². The van der Waals surface area contributed by atoms with Gasteiger partial charge in [-0.25, -0.2) is 0 Å². The molecular weight excluding hydrogens is 244 g/mol. The van der Waals surface area contributed by atoms with Crippen LogP contribution in [0.25, 0.3) is 0 Å². The Morgan fingerprint density at radius 3 is 2.95 bits per heavy atom. The number of rotatable bonds is 4. The van der Waals surface area contributed by atoms with E-state index >= 15 is 0 Å². The highest BCUT2D eigenvalue weighted by molar-refractivity contribution is 4.99. The molecule has 0 aliphatic carbocycles. The van der Waals surface area contributed by atoms with Gasteiger partial charge in [0.05, 0.1) is 32.5 Å². The molecule has 19 heavy (non-hydrogen) atoms. The molecule has 100 valence electrons. The SMILES string of the molecule is CC1(Cn2cc(Cn3ccccc3=O)nn2)COC1. The second kappa shape index (κ2) is 4.62. The summed E-state index contributed by atoms with van der Waals surface area (Å²) < 4.78 is 8.66. The first-order chi connectivity index (χ1) is 9.15. The summed E-state index contributed by atoms with van der Waals surface area (Å²) in [5.41, 5.74) is 0.919. The quantitative estimate of drug-likeness (QED) is 0.804. The number of hydrogen-bond acceptors (Lipinski definition) is 4. The molecule has 0 atom stereocenters. The van der Waals surface area contributed by atoms with Gasteiger partial charge in [-0.05, 0) is 6.07 Å². The predicted octanol–water partition coefficient (Wildman–Crippen LogP) is 0.525. The van der Waals surface area contributed by atoms with E-state index in [1.54, 1.807) is 16.8 Å². The highest BCUT2D eigenvalue weighted by atomic mass is 16.5. The lowest BCUT2D eigenvalue weighted by atomic mass is 9.89. The van der Waals surface area contributed by atoms with Gasteiger partial charge in [0.2, 0.25) is 0 Å². The molecule has 6 nitrogen and oxygen atoms in total. The van der Waals surface area contributed by atoms with Gasteiger partial charge in [0.15, 0.2) is 0 Å². The van der Waals surface area contributed by atoms with Gasteiger partial charge in [-0.2, -0.15) is 0 Å². The molecule has 0 amide bonds. The van der Waals surface area contributed by atoms with E-state index in [-0.39, 0.29) is 11.0 Å². The van der Waals surface area contributed by atoms with Crippen molar-refractivity contribution in [3.63, 3.8) is 0 Å². The molecular formula is C13H16N4O2. The first kappa shape index (κ1) is 12.1. The van der Waals surface area contributed by atoms with Crippen molar-refractivity contribution in [1.82, 2.24) is 19.6 Å². The maximum atomic E-state index is 11.6. The van der Waals surface area contributed by atoms with Crippen molar-refractivity contribution >= 4 is 0 Å². The summed E-state index contributed by atoms with van der Waals surface area (Å²) in [6.07, 6.45) is 3.64. The van der Waals surface area contributed by atoms with Crippen LogP contribution in [0.1, 0.15) is 12.6 Å². The van der Waals surface area contributed by atoms with Crippen LogP contribution < -0.4 is 5.56 Å². The molecule has 6 heteroatoms. The third-order valence-corrected chi connectivity index (χ3v) is 3.26. The van der Waals surface area contributed by atoms with Crippen molar-refractivity contribution in [2.75, 3.05) is 13.2 Å². The lowest BCUT2D eigenvalue weighted by molar-refractivity contribution is -0.111. The largest absolute Gasteiger partial charge is 0.380 e. The number of nitrogens with zero attached hydrogens (tertiary/aromatic N) is 4. The topological polar surface area (TPSA) is 61.9 Å². The van der Waals surface area contributed by atoms with Crippen LogP contribution >= 0.6 is 0 Å². The zero-order valence-corrected chi connectivity index (χ0v) is 10.8. The normalized spacial score (nSPS) is 17.1. The number of hydrogen-bond donors (Lipinski definition) is 0. The van der Waals surface area contributed by atoms with Crippen LogP contribution in [0.4, 0.5) is 0 Å². The first-order valence-electron chi connectivity index (χ1n) is 6.27. The third kappa shape index (κ3) is 2.58. The highest BCUT2D eigenvalue weighted by Crippen LogP contribution is 2.28. The van der Waals surface area contributed by atoms with Crippen LogP contribution in [-0.2, 0) is 17.8 Å². The van der Waals surface area contributed by atoms with Gasteiger partial charge in [-0.15, -0.1) is 5.10 Å². The second-order valence-corrected chi connectivity index (χ2v) is 5.38. The van der Waals surface area contributed by atoms with E-state index in [4.69, 9.17) is 4.74 Å². The van der Waals surface area contributed by atoms with E-state index in [9.17, 15) is 4.79 Å². The Balaban J connectivity index is 1.71. The first-order valence-corrected chi connectivity index (χ1v) is 6.27. The van der Waals surface area contributed by atoms with E-state index in [1.807, 2.05) is 16.9 Å². The second-order valence-electron chi connectivity index (χ2n) is 5.38. The summed E-state index contributed by atoms with van der Waals surface area (Å²) in [4.78, 5) is 11.6. The molecule has 0 N–H and O–H groups in total. The molecule has 2 aromatic heterocycles. The maximum Gasteiger partial charge on any atom is 0.250 e. The molecule has 1 aliphatic rings. The Labute approximate surface area is 110 Å². The Morgan fingerprint density at radius 1 is 1.42 bits per heavy atom. The van der Waals surface area contributed by atoms with Crippen LogP contribution in [0.5, 0.6) is 0 Å². The lowest BCUT2D eigenvalue weighted by Gasteiger charge is -2.37. The van der Waals surface area contributed by atoms with Crippen LogP contribution in [0.3, 0.4) is 0 Å². The Hall–Kier alpha value is -1.95. The van der Waals surface area contributed by atoms with Crippen LogP contribution in [0.2, 0.25) is 0 Å². The summed E-state index contributed by atoms with van der Waals surface area (Å²) in [5.74, 6) is 0. The fourth-order valence-electron chi connectivity index (χ4n) is 2.19. The summed E-state index contributed by atoms with van der Waals surface area (Å²) >= 11 is 0. The van der Waals surface area contributed by atoms with E-state index in [2.05, 4.69) is 17.2 Å². The number of pyridine rings is 1. The average molecular weight is 260 g/mol. The minimum absolute atomic E-state index is 0.0311. The van der Waals surface area contributed by atoms with Gasteiger partial charge in [-0.3, -0.25) is 9.48 Å². The molecule has 1 fully saturated rings. The van der Waals surface area contributed by atoms with Crippen molar-refractivity contribution < 1.29 is 4.74 Å². The molecule has 0 radical (unpaired) electrons. The molecule has 2 aromatic rings. The average Bonchev–Trinajstić information content (AvgIpc) is 2.78. The molecule has 1 saturated heterocycles. The van der Waals surface area contributed by atoms with Gasteiger partial charge in [-0.1, -0.05) is 18.2 Å². The third-order valence-electron chi connectivity index (χ3n) is 3.26. The zero-order chi connectivity index (χ0) is 13.3. The summed E-state index contributed by atoms with van der Waals surface area (Å²) in [6.45, 7) is 4.94. The fourth-order valence-corrected chi connectivity index (χ4v) is 2.19. The van der Waals surface area contributed by atoms with Gasteiger partial charge in [0.25, 0.3) is 5.56 Å². The summed E-state index contributed by atoms with van der Waals surface area (Å²) in [6, 6.07) is 5.10. The summed E-state index contributed by atoms with van der Waals surface area (Å²) in [5, 5.41) is 8.21. The Bertz CT molecular complexity index is 627. The van der Waals surface area contributed by atoms with Crippen molar-refractivity contribution in [3.05, 3.63) is 46.6 Å². The van der Waals surface area contributed by atoms with E-state index in [1.165, 1.54) is 6.07 Å². The summed E-state index contributed by atoms with van der Waals surface area (Å²) in [7, 11) is 0. The lowest BCUT2D eigenvalue weighted by Crippen LogP contribution is -2.43. The van der Waals surface area contributed by atoms with E-state index < -0.39 is 0 Å². The molecule has 0 bridgehead atoms. The molecule has 0 unspecified atom stereocenters. The standard InChI is InChI=1S/C13H16N4O2/c1-13(9-19-10-13)8-17-7-11(14-15-17)6-16-5-3-2-4-12(16)18/h2-5,7H,6,8-10H2,1H3. The van der Waals surface area contributed by atoms with Gasteiger partial charge >= 0.3 is 0 Å². The van der Waals surface area contributed by atoms with Crippen molar-refractivity contribution in [2.45, 2.75) is 20.0 Å². The Morgan fingerprint density at radius 2 is 2.26 bits per heavy atom. The van der Waals surface area contributed by atoms with E-state index in [0.29, 0.717) is 6.54 Å². The fraction of sp³-hybridized carbons (Fsp3) is 0.462. The molecule has 3 heterocycles. The molecule has 1 aliphatic heterocycles. The predicted molar refractivity (Wildman–Crippen MR) is 68.8 cm³/mol. The van der Waals surface area contributed by atoms with E-state index in [0.717, 1.165) is 25.5 Å². The van der Waals surface area contributed by atoms with Crippen molar-refractivity contribution in [1.29, 1.82) is 0 Å². The maximum absolute atomic E-state index is 11.6.